The largest absolute Gasteiger partial charge is 0.486 e. The Labute approximate surface area is 139 Å². The summed E-state index contributed by atoms with van der Waals surface area (Å²) >= 11 is 11.3. The Balaban J connectivity index is 1.93. The van der Waals surface area contributed by atoms with E-state index in [4.69, 9.17) is 38.0 Å². The van der Waals surface area contributed by atoms with E-state index < -0.39 is 0 Å². The third kappa shape index (κ3) is 4.72. The minimum atomic E-state index is 0.101. The molecule has 1 aliphatic heterocycles. The molecule has 0 saturated carbocycles. The van der Waals surface area contributed by atoms with Crippen molar-refractivity contribution >= 4 is 35.1 Å². The maximum atomic E-state index is 6.15. The highest BCUT2D eigenvalue weighted by Crippen LogP contribution is 2.37. The van der Waals surface area contributed by atoms with Gasteiger partial charge in [-0.1, -0.05) is 11.6 Å². The minimum Gasteiger partial charge on any atom is -0.486 e. The maximum absolute atomic E-state index is 6.15. The molecule has 0 saturated heterocycles. The molecular weight excluding hydrogens is 326 g/mol. The van der Waals surface area contributed by atoms with Crippen molar-refractivity contribution in [2.45, 2.75) is 13.0 Å². The van der Waals surface area contributed by atoms with Gasteiger partial charge in [0.1, 0.15) is 13.2 Å². The molecule has 1 heterocycles. The van der Waals surface area contributed by atoms with Gasteiger partial charge in [-0.15, -0.1) is 0 Å². The van der Waals surface area contributed by atoms with Crippen LogP contribution in [0.1, 0.15) is 12.5 Å². The van der Waals surface area contributed by atoms with E-state index in [1.54, 1.807) is 19.4 Å². The summed E-state index contributed by atoms with van der Waals surface area (Å²) in [6.07, 6.45) is 1.61. The Kier molecular flexibility index (Phi) is 6.23. The SMILES string of the molecule is COC[C@H](C)NC(=S)N/N=C\c1cc(Cl)c2c(c1)OCCO2. The van der Waals surface area contributed by atoms with Crippen LogP contribution in [-0.2, 0) is 4.74 Å². The van der Waals surface area contributed by atoms with Gasteiger partial charge in [0.05, 0.1) is 17.8 Å². The molecule has 1 atom stereocenters. The molecule has 1 aliphatic rings. The normalized spacial score (nSPS) is 14.7. The van der Waals surface area contributed by atoms with E-state index in [9.17, 15) is 0 Å². The third-order valence-corrected chi connectivity index (χ3v) is 3.28. The van der Waals surface area contributed by atoms with Crippen LogP contribution in [0.3, 0.4) is 0 Å². The average molecular weight is 344 g/mol. The summed E-state index contributed by atoms with van der Waals surface area (Å²) in [5.41, 5.74) is 3.53. The molecule has 8 heteroatoms. The molecule has 0 aromatic heterocycles. The van der Waals surface area contributed by atoms with Crippen LogP contribution in [-0.4, -0.2) is 44.3 Å². The van der Waals surface area contributed by atoms with Crippen molar-refractivity contribution in [1.29, 1.82) is 0 Å². The van der Waals surface area contributed by atoms with Crippen molar-refractivity contribution in [3.8, 4) is 11.5 Å². The molecular formula is C14H18ClN3O3S. The van der Waals surface area contributed by atoms with E-state index in [0.717, 1.165) is 5.56 Å². The first-order valence-electron chi connectivity index (χ1n) is 6.78. The summed E-state index contributed by atoms with van der Waals surface area (Å²) in [4.78, 5) is 0. The number of hydrogen-bond donors (Lipinski definition) is 2. The summed E-state index contributed by atoms with van der Waals surface area (Å²) in [6, 6.07) is 3.67. The lowest BCUT2D eigenvalue weighted by Crippen LogP contribution is -2.40. The standard InChI is InChI=1S/C14H18ClN3O3S/c1-9(8-19-2)17-14(22)18-16-7-10-5-11(15)13-12(6-10)20-3-4-21-13/h5-7,9H,3-4,8H2,1-2H3,(H2,17,18,22)/b16-7-/t9-/m0/s1. The van der Waals surface area contributed by atoms with Crippen LogP contribution in [0.25, 0.3) is 0 Å². The van der Waals surface area contributed by atoms with Crippen LogP contribution in [0.5, 0.6) is 11.5 Å². The number of fused-ring (bicyclic) bond motifs is 1. The minimum absolute atomic E-state index is 0.101. The fourth-order valence-corrected chi connectivity index (χ4v) is 2.45. The molecule has 0 fully saturated rings. The van der Waals surface area contributed by atoms with Crippen LogP contribution < -0.4 is 20.2 Å². The second kappa shape index (κ2) is 8.17. The zero-order chi connectivity index (χ0) is 15.9. The molecule has 1 aromatic rings. The number of ether oxygens (including phenoxy) is 3. The molecule has 1 aromatic carbocycles. The van der Waals surface area contributed by atoms with Gasteiger partial charge in [-0.3, -0.25) is 5.43 Å². The number of methoxy groups -OCH3 is 1. The average Bonchev–Trinajstić information content (AvgIpc) is 2.47. The lowest BCUT2D eigenvalue weighted by Gasteiger charge is -2.19. The fraction of sp³-hybridized carbons (Fsp3) is 0.429. The summed E-state index contributed by atoms with van der Waals surface area (Å²) in [5, 5.41) is 8.02. The first kappa shape index (κ1) is 16.8. The molecule has 0 spiro atoms. The first-order chi connectivity index (χ1) is 10.6. The number of thiocarbonyl (C=S) groups is 1. The highest BCUT2D eigenvalue weighted by atomic mass is 35.5. The van der Waals surface area contributed by atoms with Gasteiger partial charge in [0.25, 0.3) is 0 Å². The Hall–Kier alpha value is -1.57. The molecule has 22 heavy (non-hydrogen) atoms. The molecule has 0 radical (unpaired) electrons. The summed E-state index contributed by atoms with van der Waals surface area (Å²) < 4.78 is 16.0. The van der Waals surface area contributed by atoms with Gasteiger partial charge in [-0.05, 0) is 36.8 Å². The van der Waals surface area contributed by atoms with Crippen molar-refractivity contribution in [3.05, 3.63) is 22.7 Å². The molecule has 0 aliphatic carbocycles. The quantitative estimate of drug-likeness (QED) is 0.484. The van der Waals surface area contributed by atoms with E-state index in [0.29, 0.717) is 41.5 Å². The number of hydrogen-bond acceptors (Lipinski definition) is 5. The second-order valence-electron chi connectivity index (χ2n) is 4.73. The molecule has 6 nitrogen and oxygen atoms in total. The predicted molar refractivity (Wildman–Crippen MR) is 90.2 cm³/mol. The number of nitrogens with zero attached hydrogens (tertiary/aromatic N) is 1. The van der Waals surface area contributed by atoms with Gasteiger partial charge >= 0.3 is 0 Å². The van der Waals surface area contributed by atoms with E-state index in [1.165, 1.54) is 0 Å². The molecule has 0 amide bonds. The van der Waals surface area contributed by atoms with Crippen molar-refractivity contribution in [2.75, 3.05) is 26.9 Å². The summed E-state index contributed by atoms with van der Waals surface area (Å²) in [5.74, 6) is 1.19. The monoisotopic (exact) mass is 343 g/mol. The number of nitrogens with one attached hydrogen (secondary N) is 2. The first-order valence-corrected chi connectivity index (χ1v) is 7.56. The highest BCUT2D eigenvalue weighted by molar-refractivity contribution is 7.80. The van der Waals surface area contributed by atoms with E-state index in [1.807, 2.05) is 13.0 Å². The van der Waals surface area contributed by atoms with Gasteiger partial charge in [0, 0.05) is 13.2 Å². The maximum Gasteiger partial charge on any atom is 0.187 e. The zero-order valence-electron chi connectivity index (χ0n) is 12.4. The van der Waals surface area contributed by atoms with E-state index >= 15 is 0 Å². The fourth-order valence-electron chi connectivity index (χ4n) is 1.92. The van der Waals surface area contributed by atoms with Gasteiger partial charge in [-0.25, -0.2) is 0 Å². The molecule has 2 N–H and O–H groups in total. The topological polar surface area (TPSA) is 64.1 Å². The molecule has 0 unspecified atom stereocenters. The number of benzene rings is 1. The lowest BCUT2D eigenvalue weighted by atomic mass is 10.2. The van der Waals surface area contributed by atoms with Crippen LogP contribution in [0, 0.1) is 0 Å². The predicted octanol–water partition coefficient (Wildman–Crippen LogP) is 1.94. The summed E-state index contributed by atoms with van der Waals surface area (Å²) in [7, 11) is 1.64. The van der Waals surface area contributed by atoms with Gasteiger partial charge < -0.3 is 19.5 Å². The molecule has 120 valence electrons. The Morgan fingerprint density at radius 2 is 2.27 bits per heavy atom. The van der Waals surface area contributed by atoms with Gasteiger partial charge in [0.15, 0.2) is 16.6 Å². The van der Waals surface area contributed by atoms with Crippen molar-refractivity contribution in [1.82, 2.24) is 10.7 Å². The van der Waals surface area contributed by atoms with Crippen LogP contribution in [0.15, 0.2) is 17.2 Å². The van der Waals surface area contributed by atoms with Crippen molar-refractivity contribution < 1.29 is 14.2 Å². The van der Waals surface area contributed by atoms with Gasteiger partial charge in [0.2, 0.25) is 0 Å². The van der Waals surface area contributed by atoms with E-state index in [2.05, 4.69) is 15.8 Å². The highest BCUT2D eigenvalue weighted by Gasteiger charge is 2.16. The van der Waals surface area contributed by atoms with Crippen LogP contribution >= 0.6 is 23.8 Å². The van der Waals surface area contributed by atoms with Crippen molar-refractivity contribution in [2.24, 2.45) is 5.10 Å². The smallest absolute Gasteiger partial charge is 0.187 e. The zero-order valence-corrected chi connectivity index (χ0v) is 14.0. The lowest BCUT2D eigenvalue weighted by molar-refractivity contribution is 0.171. The number of rotatable bonds is 5. The van der Waals surface area contributed by atoms with Gasteiger partial charge in [-0.2, -0.15) is 5.10 Å². The van der Waals surface area contributed by atoms with Crippen LogP contribution in [0.4, 0.5) is 0 Å². The Morgan fingerprint density at radius 3 is 3.05 bits per heavy atom. The molecule has 2 rings (SSSR count). The second-order valence-corrected chi connectivity index (χ2v) is 5.54. The molecule has 0 bridgehead atoms. The Bertz CT molecular complexity index is 569. The van der Waals surface area contributed by atoms with Crippen LogP contribution in [0.2, 0.25) is 5.02 Å². The Morgan fingerprint density at radius 1 is 1.50 bits per heavy atom. The number of halogens is 1. The summed E-state index contributed by atoms with van der Waals surface area (Å²) in [6.45, 7) is 3.53. The number of hydrazone groups is 1. The third-order valence-electron chi connectivity index (χ3n) is 2.79. The van der Waals surface area contributed by atoms with Crippen molar-refractivity contribution in [3.63, 3.8) is 0 Å². The van der Waals surface area contributed by atoms with E-state index in [-0.39, 0.29) is 6.04 Å².